The molecule has 0 radical (unpaired) electrons. The highest BCUT2D eigenvalue weighted by atomic mass is 32.1. The van der Waals surface area contributed by atoms with E-state index < -0.39 is 17.2 Å². The molecule has 1 heterocycles. The molecule has 0 fully saturated rings. The number of allylic oxidation sites excluding steroid dienone is 1. The Morgan fingerprint density at radius 2 is 2.24 bits per heavy atom. The highest BCUT2D eigenvalue weighted by Gasteiger charge is 2.30. The largest absolute Gasteiger partial charge is 0.595 e. The summed E-state index contributed by atoms with van der Waals surface area (Å²) in [4.78, 5) is 12.0. The Labute approximate surface area is 126 Å². The third-order valence-corrected chi connectivity index (χ3v) is 3.36. The first-order valence-electron chi connectivity index (χ1n) is 6.14. The molecule has 1 aromatic rings. The second-order valence-corrected chi connectivity index (χ2v) is 4.90. The number of quaternary nitrogens is 1. The molecular formula is C13H15N3O4S. The molecule has 0 amide bonds. The zero-order chi connectivity index (χ0) is 15.6. The molecule has 8 heteroatoms. The average molecular weight is 309 g/mol. The van der Waals surface area contributed by atoms with Crippen LogP contribution in [0.5, 0.6) is 0 Å². The molecular weight excluding hydrogens is 294 g/mol. The van der Waals surface area contributed by atoms with Gasteiger partial charge in [-0.1, -0.05) is 12.1 Å². The molecule has 0 saturated carbocycles. The summed E-state index contributed by atoms with van der Waals surface area (Å²) in [5, 5.41) is 25.3. The third-order valence-electron chi connectivity index (χ3n) is 3.14. The lowest BCUT2D eigenvalue weighted by atomic mass is 9.95. The van der Waals surface area contributed by atoms with E-state index >= 15 is 0 Å². The van der Waals surface area contributed by atoms with Crippen molar-refractivity contribution in [2.75, 3.05) is 7.11 Å². The first-order valence-corrected chi connectivity index (χ1v) is 6.54. The Bertz CT molecular complexity index is 615. The van der Waals surface area contributed by atoms with Crippen molar-refractivity contribution in [3.63, 3.8) is 0 Å². The van der Waals surface area contributed by atoms with Gasteiger partial charge in [0.25, 0.3) is 0 Å². The number of hydrogen-bond acceptors (Lipinski definition) is 5. The first kappa shape index (κ1) is 15.4. The molecule has 0 bridgehead atoms. The fourth-order valence-corrected chi connectivity index (χ4v) is 2.45. The topological polar surface area (TPSA) is 98.1 Å². The second kappa shape index (κ2) is 6.19. The summed E-state index contributed by atoms with van der Waals surface area (Å²) in [6.45, 7) is 1.72. The Morgan fingerprint density at radius 1 is 1.52 bits per heavy atom. The molecule has 2 atom stereocenters. The fraction of sp³-hybridized carbons (Fsp3) is 0.231. The van der Waals surface area contributed by atoms with Crippen LogP contribution in [0.2, 0.25) is 0 Å². The van der Waals surface area contributed by atoms with Gasteiger partial charge < -0.3 is 20.6 Å². The summed E-state index contributed by atoms with van der Waals surface area (Å²) in [6, 6.07) is 5.79. The molecule has 2 rings (SSSR count). The normalized spacial score (nSPS) is 19.6. The van der Waals surface area contributed by atoms with Gasteiger partial charge in [0, 0.05) is 17.8 Å². The number of carbonyl (C=O) groups is 1. The Kier molecular flexibility index (Phi) is 4.53. The molecule has 0 aliphatic carbocycles. The number of esters is 1. The third kappa shape index (κ3) is 3.19. The van der Waals surface area contributed by atoms with Crippen LogP contribution in [0.3, 0.4) is 0 Å². The van der Waals surface area contributed by atoms with Crippen LogP contribution in [0, 0.1) is 5.21 Å². The number of methoxy groups -OCH3 is 1. The number of thiocarbonyl (C=S) groups is 1. The van der Waals surface area contributed by atoms with Crippen LogP contribution in [0.1, 0.15) is 18.5 Å². The molecule has 4 N–H and O–H groups in total. The smallest absolute Gasteiger partial charge is 0.337 e. The minimum atomic E-state index is -1.03. The number of ether oxygens (including phenoxy) is 1. The van der Waals surface area contributed by atoms with Crippen LogP contribution in [0.25, 0.3) is 0 Å². The van der Waals surface area contributed by atoms with E-state index in [1.165, 1.54) is 19.2 Å². The predicted octanol–water partition coefficient (Wildman–Crippen LogP) is 0.0558. The molecule has 0 spiro atoms. The monoisotopic (exact) mass is 309 g/mol. The highest BCUT2D eigenvalue weighted by molar-refractivity contribution is 7.80. The summed E-state index contributed by atoms with van der Waals surface area (Å²) in [5.41, 5.74) is 1.71. The summed E-state index contributed by atoms with van der Waals surface area (Å²) in [7, 11) is 1.29. The quantitative estimate of drug-likeness (QED) is 0.356. The van der Waals surface area contributed by atoms with Crippen LogP contribution >= 0.6 is 12.2 Å². The van der Waals surface area contributed by atoms with Gasteiger partial charge in [0.1, 0.15) is 0 Å². The molecule has 112 valence electrons. The van der Waals surface area contributed by atoms with E-state index in [0.717, 1.165) is 0 Å². The van der Waals surface area contributed by atoms with E-state index in [1.54, 1.807) is 19.1 Å². The van der Waals surface area contributed by atoms with Crippen LogP contribution in [-0.2, 0) is 9.53 Å². The predicted molar refractivity (Wildman–Crippen MR) is 78.5 cm³/mol. The van der Waals surface area contributed by atoms with Crippen LogP contribution in [-0.4, -0.2) is 23.4 Å². The Balaban J connectivity index is 2.48. The van der Waals surface area contributed by atoms with Crippen molar-refractivity contribution in [1.29, 1.82) is 0 Å². The lowest BCUT2D eigenvalue weighted by molar-refractivity contribution is -0.991. The minimum Gasteiger partial charge on any atom is -0.595 e. The molecule has 1 aliphatic rings. The number of rotatable bonds is 3. The van der Waals surface area contributed by atoms with E-state index in [1.807, 2.05) is 0 Å². The van der Waals surface area contributed by atoms with Gasteiger partial charge >= 0.3 is 5.97 Å². The average Bonchev–Trinajstić information content (AvgIpc) is 2.45. The lowest BCUT2D eigenvalue weighted by Gasteiger charge is -2.29. The van der Waals surface area contributed by atoms with Crippen LogP contribution in [0.4, 0.5) is 5.69 Å². The molecule has 1 aromatic carbocycles. The summed E-state index contributed by atoms with van der Waals surface area (Å²) >= 11 is 5.10. The van der Waals surface area contributed by atoms with Crippen LogP contribution < -0.4 is 15.9 Å². The maximum absolute atomic E-state index is 12.0. The van der Waals surface area contributed by atoms with Crippen LogP contribution in [0.15, 0.2) is 35.5 Å². The molecule has 2 unspecified atom stereocenters. The number of hydrogen-bond donors (Lipinski definition) is 4. The van der Waals surface area contributed by atoms with Crippen molar-refractivity contribution in [3.05, 3.63) is 46.3 Å². The van der Waals surface area contributed by atoms with E-state index in [-0.39, 0.29) is 5.69 Å². The van der Waals surface area contributed by atoms with E-state index in [9.17, 15) is 10.0 Å². The lowest BCUT2D eigenvalue weighted by Crippen LogP contribution is -2.99. The SMILES string of the molecule is COC(=O)C1=C(C)NC(=S)NC1c1cccc([NH+]([O-])O)c1. The van der Waals surface area contributed by atoms with E-state index in [0.29, 0.717) is 21.9 Å². The van der Waals surface area contributed by atoms with Gasteiger partial charge in [-0.15, -0.1) is 0 Å². The van der Waals surface area contributed by atoms with Gasteiger partial charge in [-0.25, -0.2) is 10.0 Å². The number of nitrogens with one attached hydrogen (secondary N) is 3. The number of carbonyl (C=O) groups excluding carboxylic acids is 1. The Hall–Kier alpha value is -2.00. The highest BCUT2D eigenvalue weighted by Crippen LogP contribution is 2.28. The van der Waals surface area contributed by atoms with E-state index in [2.05, 4.69) is 10.6 Å². The molecule has 0 aromatic heterocycles. The maximum atomic E-state index is 12.0. The van der Waals surface area contributed by atoms with Gasteiger partial charge in [0.15, 0.2) is 10.8 Å². The second-order valence-electron chi connectivity index (χ2n) is 4.49. The minimum absolute atomic E-state index is 0.139. The summed E-state index contributed by atoms with van der Waals surface area (Å²) in [5.74, 6) is -0.499. The molecule has 1 aliphatic heterocycles. The zero-order valence-corrected chi connectivity index (χ0v) is 12.3. The van der Waals surface area contributed by atoms with E-state index in [4.69, 9.17) is 22.2 Å². The zero-order valence-electron chi connectivity index (χ0n) is 11.5. The van der Waals surface area contributed by atoms with Gasteiger partial charge in [0.2, 0.25) is 0 Å². The molecule has 0 saturated heterocycles. The fourth-order valence-electron chi connectivity index (χ4n) is 2.18. The summed E-state index contributed by atoms with van der Waals surface area (Å²) in [6.07, 6.45) is 0. The maximum Gasteiger partial charge on any atom is 0.337 e. The van der Waals surface area contributed by atoms with Crippen molar-refractivity contribution in [2.45, 2.75) is 13.0 Å². The van der Waals surface area contributed by atoms with Crippen molar-refractivity contribution < 1.29 is 20.0 Å². The standard InChI is InChI=1S/C13H15N3O4S/c1-7-10(12(17)20-2)11(15-13(21)14-7)8-4-3-5-9(6-8)16(18)19/h3-6,11,16,18H,1-2H3,(H2,14,15,21). The van der Waals surface area contributed by atoms with Gasteiger partial charge in [-0.3, -0.25) is 0 Å². The van der Waals surface area contributed by atoms with Crippen molar-refractivity contribution in [2.24, 2.45) is 0 Å². The summed E-state index contributed by atoms with van der Waals surface area (Å²) < 4.78 is 4.79. The van der Waals surface area contributed by atoms with Crippen molar-refractivity contribution in [3.8, 4) is 0 Å². The van der Waals surface area contributed by atoms with Crippen molar-refractivity contribution >= 4 is 29.0 Å². The number of benzene rings is 1. The molecule has 7 nitrogen and oxygen atoms in total. The first-order chi connectivity index (χ1) is 9.93. The van der Waals surface area contributed by atoms with Gasteiger partial charge in [0.05, 0.1) is 18.7 Å². The Morgan fingerprint density at radius 3 is 2.86 bits per heavy atom. The van der Waals surface area contributed by atoms with Gasteiger partial charge in [-0.2, -0.15) is 5.23 Å². The van der Waals surface area contributed by atoms with Gasteiger partial charge in [-0.05, 0) is 24.7 Å². The molecule has 21 heavy (non-hydrogen) atoms. The van der Waals surface area contributed by atoms with Crippen molar-refractivity contribution in [1.82, 2.24) is 10.6 Å².